The summed E-state index contributed by atoms with van der Waals surface area (Å²) in [6.45, 7) is 18.2. The first-order valence-corrected chi connectivity index (χ1v) is 20.1. The minimum absolute atomic E-state index is 0.0665. The van der Waals surface area contributed by atoms with Crippen molar-refractivity contribution in [3.8, 4) is 33.4 Å². The first-order chi connectivity index (χ1) is 26.8. The van der Waals surface area contributed by atoms with E-state index in [2.05, 4.69) is 201 Å². The summed E-state index contributed by atoms with van der Waals surface area (Å²) in [5.74, 6) is 0. The second-order valence-electron chi connectivity index (χ2n) is 18.6. The molecule has 2 aromatic heterocycles. The summed E-state index contributed by atoms with van der Waals surface area (Å²) in [7, 11) is 0. The van der Waals surface area contributed by atoms with Crippen LogP contribution in [0.15, 0.2) is 146 Å². The largest absolute Gasteiger partial charge is 0.250 e. The van der Waals surface area contributed by atoms with Crippen LogP contribution in [0.2, 0.25) is 0 Å². The molecule has 2 heteroatoms. The third-order valence-corrected chi connectivity index (χ3v) is 12.7. The van der Waals surface area contributed by atoms with Crippen molar-refractivity contribution in [1.29, 1.82) is 0 Å². The number of pyridine rings is 2. The molecule has 2 aliphatic rings. The van der Waals surface area contributed by atoms with E-state index in [1.165, 1.54) is 66.8 Å². The monoisotopic (exact) mass is 724 g/mol. The van der Waals surface area contributed by atoms with E-state index in [1.807, 2.05) is 0 Å². The van der Waals surface area contributed by atoms with Crippen molar-refractivity contribution in [2.24, 2.45) is 0 Å². The van der Waals surface area contributed by atoms with Crippen LogP contribution < -0.4 is 0 Å². The number of aromatic nitrogens is 2. The fraction of sp³-hybridized carbons (Fsp3) is 0.222. The van der Waals surface area contributed by atoms with Gasteiger partial charge in [0.1, 0.15) is 0 Å². The Morgan fingerprint density at radius 1 is 0.393 bits per heavy atom. The number of rotatable bonds is 2. The van der Waals surface area contributed by atoms with Crippen LogP contribution in [0.1, 0.15) is 100 Å². The lowest BCUT2D eigenvalue weighted by molar-refractivity contribution is 0.563. The van der Waals surface area contributed by atoms with Crippen LogP contribution in [-0.4, -0.2) is 9.97 Å². The second kappa shape index (κ2) is 11.8. The molecule has 0 amide bonds. The van der Waals surface area contributed by atoms with E-state index in [0.717, 1.165) is 33.2 Å². The lowest BCUT2D eigenvalue weighted by Crippen LogP contribution is -2.40. The maximum Gasteiger partial charge on any atom is 0.0974 e. The third-order valence-electron chi connectivity index (χ3n) is 12.7. The van der Waals surface area contributed by atoms with Gasteiger partial charge < -0.3 is 0 Å². The summed E-state index contributed by atoms with van der Waals surface area (Å²) in [5.41, 5.74) is 19.0. The fourth-order valence-electron chi connectivity index (χ4n) is 9.82. The molecular formula is C54H48N2. The Kier molecular flexibility index (Phi) is 7.31. The van der Waals surface area contributed by atoms with Gasteiger partial charge >= 0.3 is 0 Å². The van der Waals surface area contributed by atoms with Gasteiger partial charge in [0.25, 0.3) is 0 Å². The fourth-order valence-corrected chi connectivity index (χ4v) is 9.82. The predicted molar refractivity (Wildman–Crippen MR) is 235 cm³/mol. The summed E-state index contributed by atoms with van der Waals surface area (Å²) in [5, 5.41) is 2.24. The van der Waals surface area contributed by atoms with Crippen LogP contribution in [0.25, 0.3) is 55.2 Å². The van der Waals surface area contributed by atoms with Crippen LogP contribution in [0, 0.1) is 0 Å². The van der Waals surface area contributed by atoms with Crippen molar-refractivity contribution < 1.29 is 0 Å². The average Bonchev–Trinajstić information content (AvgIpc) is 3.49. The normalized spacial score (nSPS) is 15.1. The summed E-state index contributed by atoms with van der Waals surface area (Å²) in [4.78, 5) is 10.6. The first kappa shape index (κ1) is 34.6. The molecule has 8 aromatic rings. The van der Waals surface area contributed by atoms with Crippen LogP contribution in [0.4, 0.5) is 0 Å². The van der Waals surface area contributed by atoms with Crippen molar-refractivity contribution in [3.05, 3.63) is 190 Å². The van der Waals surface area contributed by atoms with Gasteiger partial charge in [-0.1, -0.05) is 177 Å². The summed E-state index contributed by atoms with van der Waals surface area (Å²) < 4.78 is 0. The van der Waals surface area contributed by atoms with E-state index in [4.69, 9.17) is 9.97 Å². The van der Waals surface area contributed by atoms with Crippen molar-refractivity contribution in [3.63, 3.8) is 0 Å². The number of benzene rings is 6. The molecule has 0 aliphatic heterocycles. The number of hydrogen-bond acceptors (Lipinski definition) is 2. The first-order valence-electron chi connectivity index (χ1n) is 20.1. The van der Waals surface area contributed by atoms with Gasteiger partial charge in [-0.15, -0.1) is 0 Å². The minimum Gasteiger partial charge on any atom is -0.250 e. The van der Waals surface area contributed by atoms with Crippen molar-refractivity contribution in [2.45, 2.75) is 77.0 Å². The average molecular weight is 725 g/mol. The smallest absolute Gasteiger partial charge is 0.0974 e. The zero-order valence-electron chi connectivity index (χ0n) is 33.8. The molecule has 0 bridgehead atoms. The van der Waals surface area contributed by atoms with Crippen molar-refractivity contribution in [2.75, 3.05) is 0 Å². The molecule has 2 nitrogen and oxygen atoms in total. The SMILES string of the molecule is CC(C)(C)c1ccc2ccc3c(-c4cccc(-c5ccc6c(c5)C5(c7ccccc7-6)c6ccccc6C(C)(C)c6ccccc65)c4)cc(C(C)(C)C)nc3c2n1. The molecule has 2 heterocycles. The predicted octanol–water partition coefficient (Wildman–Crippen LogP) is 13.7. The topological polar surface area (TPSA) is 25.8 Å². The zero-order valence-corrected chi connectivity index (χ0v) is 33.8. The highest BCUT2D eigenvalue weighted by atomic mass is 14.8. The van der Waals surface area contributed by atoms with E-state index < -0.39 is 5.41 Å². The van der Waals surface area contributed by atoms with Gasteiger partial charge in [0.15, 0.2) is 0 Å². The number of fused-ring (bicyclic) bond motifs is 12. The number of hydrogen-bond donors (Lipinski definition) is 0. The molecule has 1 spiro atoms. The van der Waals surface area contributed by atoms with E-state index >= 15 is 0 Å². The second-order valence-corrected chi connectivity index (χ2v) is 18.6. The molecule has 10 rings (SSSR count). The molecule has 0 radical (unpaired) electrons. The van der Waals surface area contributed by atoms with Crippen LogP contribution in [0.5, 0.6) is 0 Å². The molecule has 0 N–H and O–H groups in total. The highest BCUT2D eigenvalue weighted by Gasteiger charge is 2.53. The van der Waals surface area contributed by atoms with E-state index in [-0.39, 0.29) is 16.2 Å². The highest BCUT2D eigenvalue weighted by Crippen LogP contribution is 2.62. The van der Waals surface area contributed by atoms with Crippen molar-refractivity contribution in [1.82, 2.24) is 9.97 Å². The molecule has 274 valence electrons. The van der Waals surface area contributed by atoms with E-state index in [9.17, 15) is 0 Å². The molecule has 0 unspecified atom stereocenters. The molecule has 0 fully saturated rings. The molecule has 0 atom stereocenters. The van der Waals surface area contributed by atoms with Gasteiger partial charge in [-0.05, 0) is 91.0 Å². The Bertz CT molecular complexity index is 2860. The maximum absolute atomic E-state index is 5.36. The molecule has 0 saturated carbocycles. The Hall–Kier alpha value is -5.86. The lowest BCUT2D eigenvalue weighted by Gasteiger charge is -2.46. The maximum atomic E-state index is 5.36. The Morgan fingerprint density at radius 3 is 1.62 bits per heavy atom. The standard InChI is InChI=1S/C54H48N2/c1-51(2,3)47-29-26-33-24-28-39-40(32-48(52(4,5)6)56-50(39)49(33)55-47)36-17-15-16-34(30-36)35-25-27-38-37-18-9-10-19-41(37)54(46(38)31-35)44-22-13-11-20-42(44)53(7,8)43-21-12-14-23-45(43)54/h9-32H,1-8H3. The minimum atomic E-state index is -0.425. The van der Waals surface area contributed by atoms with Gasteiger partial charge in [0.2, 0.25) is 0 Å². The Balaban J connectivity index is 1.20. The van der Waals surface area contributed by atoms with Gasteiger partial charge in [0, 0.05) is 38.4 Å². The van der Waals surface area contributed by atoms with Crippen molar-refractivity contribution >= 4 is 21.8 Å². The molecule has 6 aromatic carbocycles. The van der Waals surface area contributed by atoms with E-state index in [0.29, 0.717) is 0 Å². The molecular weight excluding hydrogens is 677 g/mol. The molecule has 56 heavy (non-hydrogen) atoms. The van der Waals surface area contributed by atoms with Crippen LogP contribution in [-0.2, 0) is 21.7 Å². The summed E-state index contributed by atoms with van der Waals surface area (Å²) >= 11 is 0. The Morgan fingerprint density at radius 2 is 0.946 bits per heavy atom. The van der Waals surface area contributed by atoms with Gasteiger partial charge in [-0.3, -0.25) is 0 Å². The zero-order chi connectivity index (χ0) is 38.8. The molecule has 2 aliphatic carbocycles. The summed E-state index contributed by atoms with van der Waals surface area (Å²) in [6, 6.07) is 54.9. The molecule has 0 saturated heterocycles. The third kappa shape index (κ3) is 4.87. The summed E-state index contributed by atoms with van der Waals surface area (Å²) in [6.07, 6.45) is 0. The highest BCUT2D eigenvalue weighted by molar-refractivity contribution is 6.08. The lowest BCUT2D eigenvalue weighted by atomic mass is 9.55. The van der Waals surface area contributed by atoms with Crippen LogP contribution in [0.3, 0.4) is 0 Å². The quantitative estimate of drug-likeness (QED) is 0.166. The van der Waals surface area contributed by atoms with Gasteiger partial charge in [-0.25, -0.2) is 9.97 Å². The number of nitrogens with zero attached hydrogens (tertiary/aromatic N) is 2. The van der Waals surface area contributed by atoms with E-state index in [1.54, 1.807) is 0 Å². The van der Waals surface area contributed by atoms with Crippen LogP contribution >= 0.6 is 0 Å². The Labute approximate surface area is 331 Å². The van der Waals surface area contributed by atoms with Gasteiger partial charge in [0.05, 0.1) is 16.4 Å². The van der Waals surface area contributed by atoms with Gasteiger partial charge in [-0.2, -0.15) is 0 Å².